The molecule has 0 aliphatic carbocycles. The van der Waals surface area contributed by atoms with Gasteiger partial charge in [-0.05, 0) is 54.6 Å². The van der Waals surface area contributed by atoms with E-state index >= 15 is 0 Å². The SMILES string of the molecule is CC(C)Sc1ccc(C(=O)Nc2ccc([S+]([O-])Nc3cccc(F)c3)cc2)cc1NC=O. The van der Waals surface area contributed by atoms with Crippen LogP contribution < -0.4 is 15.4 Å². The zero-order valence-corrected chi connectivity index (χ0v) is 19.1. The Kier molecular flexibility index (Phi) is 8.15. The van der Waals surface area contributed by atoms with Gasteiger partial charge in [-0.1, -0.05) is 19.9 Å². The second-order valence-corrected chi connectivity index (χ2v) is 9.83. The first-order chi connectivity index (χ1) is 15.4. The summed E-state index contributed by atoms with van der Waals surface area (Å²) in [6, 6.07) is 17.3. The zero-order chi connectivity index (χ0) is 23.1. The number of carbonyl (C=O) groups is 2. The summed E-state index contributed by atoms with van der Waals surface area (Å²) in [5.74, 6) is -0.765. The highest BCUT2D eigenvalue weighted by molar-refractivity contribution is 8.00. The van der Waals surface area contributed by atoms with E-state index in [1.54, 1.807) is 60.3 Å². The summed E-state index contributed by atoms with van der Waals surface area (Å²) >= 11 is 0.000380. The van der Waals surface area contributed by atoms with Gasteiger partial charge in [0.15, 0.2) is 4.90 Å². The van der Waals surface area contributed by atoms with Crippen LogP contribution in [0.3, 0.4) is 0 Å². The molecule has 0 saturated heterocycles. The van der Waals surface area contributed by atoms with Crippen LogP contribution >= 0.6 is 11.8 Å². The number of hydrogen-bond acceptors (Lipinski definition) is 5. The van der Waals surface area contributed by atoms with Gasteiger partial charge in [0, 0.05) is 27.5 Å². The molecule has 3 N–H and O–H groups in total. The molecule has 0 aliphatic heterocycles. The van der Waals surface area contributed by atoms with Gasteiger partial charge in [0.1, 0.15) is 17.2 Å². The Hall–Kier alpha value is -3.01. The molecule has 32 heavy (non-hydrogen) atoms. The van der Waals surface area contributed by atoms with E-state index in [0.717, 1.165) is 4.90 Å². The molecule has 0 bridgehead atoms. The van der Waals surface area contributed by atoms with Crippen LogP contribution in [-0.4, -0.2) is 22.1 Å². The molecule has 166 valence electrons. The van der Waals surface area contributed by atoms with Gasteiger partial charge >= 0.3 is 0 Å². The van der Waals surface area contributed by atoms with Gasteiger partial charge in [-0.25, -0.2) is 9.11 Å². The first-order valence-corrected chi connectivity index (χ1v) is 11.7. The largest absolute Gasteiger partial charge is 0.588 e. The minimum Gasteiger partial charge on any atom is -0.588 e. The van der Waals surface area contributed by atoms with Crippen molar-refractivity contribution in [2.24, 2.45) is 0 Å². The summed E-state index contributed by atoms with van der Waals surface area (Å²) in [5, 5.41) is 5.74. The van der Waals surface area contributed by atoms with Crippen LogP contribution in [0.2, 0.25) is 0 Å². The number of carbonyl (C=O) groups excluding carboxylic acids is 2. The maximum atomic E-state index is 13.3. The number of benzene rings is 3. The van der Waals surface area contributed by atoms with Crippen molar-refractivity contribution in [2.45, 2.75) is 28.9 Å². The minimum atomic E-state index is -1.59. The average Bonchev–Trinajstić information content (AvgIpc) is 2.75. The van der Waals surface area contributed by atoms with Gasteiger partial charge in [-0.15, -0.1) is 11.8 Å². The molecule has 9 heteroatoms. The molecule has 0 radical (unpaired) electrons. The van der Waals surface area contributed by atoms with E-state index in [1.165, 1.54) is 18.2 Å². The lowest BCUT2D eigenvalue weighted by molar-refractivity contribution is -0.105. The number of amides is 2. The van der Waals surface area contributed by atoms with E-state index in [0.29, 0.717) is 39.2 Å². The topological polar surface area (TPSA) is 93.3 Å². The summed E-state index contributed by atoms with van der Waals surface area (Å²) in [5.41, 5.74) is 1.88. The highest BCUT2D eigenvalue weighted by Gasteiger charge is 2.14. The Morgan fingerprint density at radius 2 is 1.81 bits per heavy atom. The molecule has 2 amide bonds. The lowest BCUT2D eigenvalue weighted by atomic mass is 10.2. The molecule has 0 heterocycles. The Morgan fingerprint density at radius 1 is 1.06 bits per heavy atom. The summed E-state index contributed by atoms with van der Waals surface area (Å²) in [7, 11) is 0. The molecule has 0 aromatic heterocycles. The lowest BCUT2D eigenvalue weighted by Gasteiger charge is -2.13. The van der Waals surface area contributed by atoms with E-state index in [4.69, 9.17) is 0 Å². The van der Waals surface area contributed by atoms with Crippen LogP contribution in [0.4, 0.5) is 21.5 Å². The minimum absolute atomic E-state index is 0.321. The molecule has 1 unspecified atom stereocenters. The van der Waals surface area contributed by atoms with Gasteiger partial charge in [0.2, 0.25) is 6.41 Å². The number of nitrogens with one attached hydrogen (secondary N) is 3. The number of rotatable bonds is 9. The zero-order valence-electron chi connectivity index (χ0n) is 17.4. The van der Waals surface area contributed by atoms with Crippen LogP contribution in [0.1, 0.15) is 24.2 Å². The van der Waals surface area contributed by atoms with Crippen molar-refractivity contribution in [3.63, 3.8) is 0 Å². The smallest absolute Gasteiger partial charge is 0.255 e. The van der Waals surface area contributed by atoms with Crippen molar-refractivity contribution in [1.82, 2.24) is 0 Å². The molecule has 0 saturated carbocycles. The highest BCUT2D eigenvalue weighted by Crippen LogP contribution is 2.31. The molecule has 0 aliphatic rings. The molecular formula is C23H22FN3O3S2. The monoisotopic (exact) mass is 471 g/mol. The third kappa shape index (κ3) is 6.49. The Labute approximate surface area is 193 Å². The number of hydrogen-bond donors (Lipinski definition) is 3. The molecule has 3 aromatic rings. The first-order valence-electron chi connectivity index (χ1n) is 9.72. The van der Waals surface area contributed by atoms with E-state index in [9.17, 15) is 18.5 Å². The van der Waals surface area contributed by atoms with Crippen molar-refractivity contribution in [3.05, 3.63) is 78.1 Å². The number of halogens is 1. The third-order valence-electron chi connectivity index (χ3n) is 4.18. The van der Waals surface area contributed by atoms with Crippen molar-refractivity contribution < 1.29 is 18.5 Å². The first kappa shape index (κ1) is 23.6. The van der Waals surface area contributed by atoms with Crippen molar-refractivity contribution in [1.29, 1.82) is 0 Å². The number of anilines is 3. The molecule has 3 aromatic carbocycles. The molecule has 1 atom stereocenters. The summed E-state index contributed by atoms with van der Waals surface area (Å²) in [6.07, 6.45) is 0.581. The van der Waals surface area contributed by atoms with E-state index in [-0.39, 0.29) is 5.91 Å². The van der Waals surface area contributed by atoms with Crippen LogP contribution in [0.15, 0.2) is 76.5 Å². The second-order valence-electron chi connectivity index (χ2n) is 7.00. The standard InChI is InChI=1S/C23H22FN3O3S2/c1-15(2)31-22-11-6-16(12-21(22)25-14-28)23(29)26-18-7-9-20(10-8-18)32(30)27-19-5-3-4-17(24)13-19/h3-15,27H,1-2H3,(H,25,28)(H,26,29). The lowest BCUT2D eigenvalue weighted by Crippen LogP contribution is -2.14. The fourth-order valence-electron chi connectivity index (χ4n) is 2.79. The normalized spacial score (nSPS) is 11.7. The van der Waals surface area contributed by atoms with E-state index < -0.39 is 17.2 Å². The summed E-state index contributed by atoms with van der Waals surface area (Å²) in [6.45, 7) is 4.08. The van der Waals surface area contributed by atoms with Crippen LogP contribution in [0.25, 0.3) is 0 Å². The highest BCUT2D eigenvalue weighted by atomic mass is 32.2. The fourth-order valence-corrected chi connectivity index (χ4v) is 4.53. The van der Waals surface area contributed by atoms with Crippen LogP contribution in [0, 0.1) is 5.82 Å². The molecule has 0 spiro atoms. The van der Waals surface area contributed by atoms with E-state index in [1.807, 2.05) is 13.8 Å². The quantitative estimate of drug-likeness (QED) is 0.224. The summed E-state index contributed by atoms with van der Waals surface area (Å²) < 4.78 is 28.4. The maximum Gasteiger partial charge on any atom is 0.255 e. The predicted octanol–water partition coefficient (Wildman–Crippen LogP) is 5.28. The maximum absolute atomic E-state index is 13.3. The Bertz CT molecular complexity index is 1090. The molecular weight excluding hydrogens is 449 g/mol. The fraction of sp³-hybridized carbons (Fsp3) is 0.130. The Balaban J connectivity index is 1.67. The van der Waals surface area contributed by atoms with Gasteiger partial charge in [0.25, 0.3) is 5.91 Å². The van der Waals surface area contributed by atoms with Crippen molar-refractivity contribution in [3.8, 4) is 0 Å². The van der Waals surface area contributed by atoms with Crippen molar-refractivity contribution >= 4 is 52.5 Å². The average molecular weight is 472 g/mol. The second kappa shape index (κ2) is 11.0. The predicted molar refractivity (Wildman–Crippen MR) is 128 cm³/mol. The van der Waals surface area contributed by atoms with Crippen LogP contribution in [-0.2, 0) is 16.2 Å². The van der Waals surface area contributed by atoms with Crippen LogP contribution in [0.5, 0.6) is 0 Å². The van der Waals surface area contributed by atoms with Crippen molar-refractivity contribution in [2.75, 3.05) is 15.4 Å². The Morgan fingerprint density at radius 3 is 2.47 bits per heavy atom. The van der Waals surface area contributed by atoms with E-state index in [2.05, 4.69) is 15.4 Å². The molecule has 3 rings (SSSR count). The molecule has 6 nitrogen and oxygen atoms in total. The van der Waals surface area contributed by atoms with Gasteiger partial charge < -0.3 is 15.2 Å². The summed E-state index contributed by atoms with van der Waals surface area (Å²) in [4.78, 5) is 24.9. The molecule has 0 fully saturated rings. The number of thioether (sulfide) groups is 1. The van der Waals surface area contributed by atoms with Gasteiger partial charge in [-0.3, -0.25) is 9.59 Å². The van der Waals surface area contributed by atoms with Gasteiger partial charge in [-0.2, -0.15) is 0 Å². The van der Waals surface area contributed by atoms with Gasteiger partial charge in [0.05, 0.1) is 11.4 Å². The third-order valence-corrected chi connectivity index (χ3v) is 6.38.